The van der Waals surface area contributed by atoms with E-state index in [9.17, 15) is 4.21 Å². The first-order valence-electron chi connectivity index (χ1n) is 9.17. The summed E-state index contributed by atoms with van der Waals surface area (Å²) in [5, 5.41) is 0. The smallest absolute Gasteiger partial charge is 0.127 e. The molecular weight excluding hydrogens is 316 g/mol. The Kier molecular flexibility index (Phi) is 6.48. The van der Waals surface area contributed by atoms with Crippen LogP contribution in [-0.2, 0) is 11.0 Å². The highest BCUT2D eigenvalue weighted by molar-refractivity contribution is 7.82. The van der Waals surface area contributed by atoms with Crippen molar-refractivity contribution >= 4 is 11.0 Å². The van der Waals surface area contributed by atoms with E-state index in [1.165, 1.54) is 32.4 Å². The van der Waals surface area contributed by atoms with Crippen molar-refractivity contribution in [1.82, 2.24) is 9.21 Å². The molecule has 0 spiro atoms. The number of hydrogen-bond donors (Lipinski definition) is 0. The highest BCUT2D eigenvalue weighted by Crippen LogP contribution is 2.26. The Labute approximate surface area is 149 Å². The second-order valence-corrected chi connectivity index (χ2v) is 8.45. The quantitative estimate of drug-likeness (QED) is 0.783. The van der Waals surface area contributed by atoms with Crippen LogP contribution in [0.4, 0.5) is 0 Å². The van der Waals surface area contributed by atoms with E-state index in [0.29, 0.717) is 6.04 Å². The van der Waals surface area contributed by atoms with Crippen molar-refractivity contribution in [3.8, 4) is 12.3 Å². The summed E-state index contributed by atoms with van der Waals surface area (Å²) in [4.78, 5) is 3.58. The number of nitrogens with zero attached hydrogens (tertiary/aromatic N) is 2. The number of hydrogen-bond acceptors (Lipinski definition) is 2. The van der Waals surface area contributed by atoms with E-state index in [1.807, 2.05) is 30.3 Å². The van der Waals surface area contributed by atoms with Crippen LogP contribution in [0.1, 0.15) is 38.5 Å². The van der Waals surface area contributed by atoms with E-state index >= 15 is 0 Å². The lowest BCUT2D eigenvalue weighted by Crippen LogP contribution is -2.42. The highest BCUT2D eigenvalue weighted by atomic mass is 32.2. The molecule has 24 heavy (non-hydrogen) atoms. The maximum Gasteiger partial charge on any atom is 0.127 e. The Morgan fingerprint density at radius 3 is 2.50 bits per heavy atom. The molecule has 2 fully saturated rings. The van der Waals surface area contributed by atoms with Crippen molar-refractivity contribution in [2.75, 3.05) is 26.2 Å². The average molecular weight is 345 g/mol. The van der Waals surface area contributed by atoms with Crippen molar-refractivity contribution in [3.63, 3.8) is 0 Å². The number of terminal acetylenes is 1. The molecular formula is C20H28N2OS. The Balaban J connectivity index is 1.52. The molecule has 0 radical (unpaired) electrons. The van der Waals surface area contributed by atoms with Gasteiger partial charge in [-0.05, 0) is 63.2 Å². The fraction of sp³-hybridized carbons (Fsp3) is 0.600. The summed E-state index contributed by atoms with van der Waals surface area (Å²) in [5.74, 6) is 3.54. The summed E-state index contributed by atoms with van der Waals surface area (Å²) in [6.07, 6.45) is 12.3. The second kappa shape index (κ2) is 8.80. The lowest BCUT2D eigenvalue weighted by Gasteiger charge is -2.37. The van der Waals surface area contributed by atoms with E-state index in [4.69, 9.17) is 6.42 Å². The van der Waals surface area contributed by atoms with Crippen molar-refractivity contribution in [3.05, 3.63) is 30.3 Å². The van der Waals surface area contributed by atoms with Crippen LogP contribution >= 0.6 is 0 Å². The lowest BCUT2D eigenvalue weighted by molar-refractivity contribution is 0.124. The molecule has 2 aliphatic rings. The van der Waals surface area contributed by atoms with Gasteiger partial charge in [-0.2, -0.15) is 0 Å². The van der Waals surface area contributed by atoms with Gasteiger partial charge in [0.15, 0.2) is 0 Å². The standard InChI is InChI=1S/C20H28N2OS/c1-2-7-18-11-15-21(16-12-18)19-8-6-14-22(17-13-19)24(23)20-9-4-3-5-10-20/h1,3-5,9-10,18-19H,6-8,11-17H2. The van der Waals surface area contributed by atoms with E-state index in [0.717, 1.165) is 43.2 Å². The van der Waals surface area contributed by atoms with Gasteiger partial charge < -0.3 is 4.90 Å². The molecule has 0 aromatic heterocycles. The molecule has 0 aliphatic carbocycles. The lowest BCUT2D eigenvalue weighted by atomic mass is 9.92. The van der Waals surface area contributed by atoms with Crippen molar-refractivity contribution < 1.29 is 4.21 Å². The first-order chi connectivity index (χ1) is 11.8. The van der Waals surface area contributed by atoms with Crippen molar-refractivity contribution in [2.45, 2.75) is 49.5 Å². The number of likely N-dealkylation sites (tertiary alicyclic amines) is 1. The Morgan fingerprint density at radius 2 is 1.79 bits per heavy atom. The number of piperidine rings is 1. The summed E-state index contributed by atoms with van der Waals surface area (Å²) in [6.45, 7) is 4.22. The predicted octanol–water partition coefficient (Wildman–Crippen LogP) is 3.30. The van der Waals surface area contributed by atoms with Crippen molar-refractivity contribution in [1.29, 1.82) is 0 Å². The zero-order chi connectivity index (χ0) is 16.8. The van der Waals surface area contributed by atoms with Crippen LogP contribution in [0, 0.1) is 18.3 Å². The van der Waals surface area contributed by atoms with Crippen LogP contribution in [0.3, 0.4) is 0 Å². The molecule has 0 saturated carbocycles. The van der Waals surface area contributed by atoms with Gasteiger partial charge in [0.25, 0.3) is 0 Å². The maximum atomic E-state index is 12.8. The van der Waals surface area contributed by atoms with Gasteiger partial charge in [0.05, 0.1) is 4.90 Å². The molecule has 2 atom stereocenters. The van der Waals surface area contributed by atoms with Crippen molar-refractivity contribution in [2.24, 2.45) is 5.92 Å². The van der Waals surface area contributed by atoms with Gasteiger partial charge in [-0.1, -0.05) is 18.2 Å². The van der Waals surface area contributed by atoms with E-state index in [2.05, 4.69) is 15.1 Å². The minimum atomic E-state index is -1.02. The minimum Gasteiger partial charge on any atom is -0.300 e. The first-order valence-corrected chi connectivity index (χ1v) is 10.3. The van der Waals surface area contributed by atoms with Crippen LogP contribution in [0.15, 0.2) is 35.2 Å². The molecule has 2 heterocycles. The SMILES string of the molecule is C#CCC1CCN(C2CCCN(S(=O)c3ccccc3)CC2)CC1. The third kappa shape index (κ3) is 4.47. The van der Waals surface area contributed by atoms with Crippen LogP contribution in [0.5, 0.6) is 0 Å². The zero-order valence-electron chi connectivity index (χ0n) is 14.4. The normalized spacial score (nSPS) is 25.7. The molecule has 2 saturated heterocycles. The topological polar surface area (TPSA) is 23.6 Å². The van der Waals surface area contributed by atoms with E-state index in [1.54, 1.807) is 0 Å². The number of rotatable bonds is 4. The zero-order valence-corrected chi connectivity index (χ0v) is 15.2. The highest BCUT2D eigenvalue weighted by Gasteiger charge is 2.28. The third-order valence-corrected chi connectivity index (χ3v) is 6.92. The van der Waals surface area contributed by atoms with Crippen LogP contribution in [0.2, 0.25) is 0 Å². The Bertz CT molecular complexity index is 575. The predicted molar refractivity (Wildman–Crippen MR) is 99.8 cm³/mol. The number of benzene rings is 1. The van der Waals surface area contributed by atoms with Gasteiger partial charge >= 0.3 is 0 Å². The molecule has 130 valence electrons. The van der Waals surface area contributed by atoms with E-state index in [-0.39, 0.29) is 0 Å². The third-order valence-electron chi connectivity index (χ3n) is 5.41. The monoisotopic (exact) mass is 344 g/mol. The first kappa shape index (κ1) is 17.7. The summed E-state index contributed by atoms with van der Waals surface area (Å²) >= 11 is 0. The molecule has 0 N–H and O–H groups in total. The molecule has 1 aromatic carbocycles. The fourth-order valence-corrected chi connectivity index (χ4v) is 5.21. The molecule has 2 aliphatic heterocycles. The average Bonchev–Trinajstić information content (AvgIpc) is 2.89. The van der Waals surface area contributed by atoms with Crippen LogP contribution in [-0.4, -0.2) is 45.6 Å². The molecule has 3 rings (SSSR count). The van der Waals surface area contributed by atoms with Gasteiger partial charge in [0, 0.05) is 25.6 Å². The van der Waals surface area contributed by atoms with Gasteiger partial charge in [0.2, 0.25) is 0 Å². The minimum absolute atomic E-state index is 0.648. The molecule has 1 aromatic rings. The van der Waals surface area contributed by atoms with E-state index < -0.39 is 11.0 Å². The van der Waals surface area contributed by atoms with Gasteiger partial charge in [-0.15, -0.1) is 12.3 Å². The fourth-order valence-electron chi connectivity index (χ4n) is 3.96. The van der Waals surface area contributed by atoms with Crippen LogP contribution in [0.25, 0.3) is 0 Å². The summed E-state index contributed by atoms with van der Waals surface area (Å²) < 4.78 is 14.9. The molecule has 4 heteroatoms. The summed E-state index contributed by atoms with van der Waals surface area (Å²) in [7, 11) is -1.02. The van der Waals surface area contributed by atoms with Crippen LogP contribution < -0.4 is 0 Å². The van der Waals surface area contributed by atoms with Gasteiger partial charge in [-0.25, -0.2) is 8.51 Å². The Morgan fingerprint density at radius 1 is 1.04 bits per heavy atom. The second-order valence-electron chi connectivity index (χ2n) is 6.96. The largest absolute Gasteiger partial charge is 0.300 e. The maximum absolute atomic E-state index is 12.8. The molecule has 3 nitrogen and oxygen atoms in total. The molecule has 2 unspecified atom stereocenters. The van der Waals surface area contributed by atoms with Gasteiger partial charge in [0.1, 0.15) is 11.0 Å². The Hall–Kier alpha value is -1.15. The summed E-state index contributed by atoms with van der Waals surface area (Å²) in [6, 6.07) is 10.5. The molecule has 0 amide bonds. The molecule has 0 bridgehead atoms. The van der Waals surface area contributed by atoms with Gasteiger partial charge in [-0.3, -0.25) is 0 Å². The summed E-state index contributed by atoms with van der Waals surface area (Å²) in [5.41, 5.74) is 0.